The van der Waals surface area contributed by atoms with Crippen molar-refractivity contribution < 1.29 is 9.84 Å². The van der Waals surface area contributed by atoms with Crippen LogP contribution in [-0.2, 0) is 0 Å². The maximum Gasteiger partial charge on any atom is 0.142 e. The number of rotatable bonds is 2. The first kappa shape index (κ1) is 10.3. The molecule has 0 radical (unpaired) electrons. The molecule has 0 aromatic heterocycles. The van der Waals surface area contributed by atoms with Gasteiger partial charge in [0.2, 0.25) is 0 Å². The molecule has 0 spiro atoms. The Balaban J connectivity index is 2.27. The van der Waals surface area contributed by atoms with Crippen molar-refractivity contribution in [1.29, 1.82) is 0 Å². The van der Waals surface area contributed by atoms with Crippen LogP contribution in [0.2, 0.25) is 0 Å². The molecule has 3 heteroatoms. The van der Waals surface area contributed by atoms with E-state index in [0.29, 0.717) is 6.54 Å². The predicted molar refractivity (Wildman–Crippen MR) is 60.6 cm³/mol. The summed E-state index contributed by atoms with van der Waals surface area (Å²) in [4.78, 5) is 2.17. The maximum absolute atomic E-state index is 9.50. The van der Waals surface area contributed by atoms with Crippen LogP contribution in [0.25, 0.3) is 0 Å². The first-order valence-electron chi connectivity index (χ1n) is 5.28. The zero-order valence-electron chi connectivity index (χ0n) is 9.23. The lowest BCUT2D eigenvalue weighted by Crippen LogP contribution is -2.21. The summed E-state index contributed by atoms with van der Waals surface area (Å²) < 4.78 is 5.35. The molecule has 1 saturated heterocycles. The number of benzene rings is 1. The number of aliphatic hydroxyl groups is 1. The van der Waals surface area contributed by atoms with E-state index in [0.717, 1.165) is 24.4 Å². The van der Waals surface area contributed by atoms with E-state index in [1.807, 2.05) is 13.0 Å². The van der Waals surface area contributed by atoms with Gasteiger partial charge in [-0.05, 0) is 31.0 Å². The summed E-state index contributed by atoms with van der Waals surface area (Å²) in [6.45, 7) is 3.66. The zero-order valence-corrected chi connectivity index (χ0v) is 9.23. The molecule has 1 aromatic carbocycles. The van der Waals surface area contributed by atoms with E-state index in [2.05, 4.69) is 17.0 Å². The summed E-state index contributed by atoms with van der Waals surface area (Å²) in [6.07, 6.45) is 0.646. The number of nitrogens with zero attached hydrogens (tertiary/aromatic N) is 1. The van der Waals surface area contributed by atoms with E-state index in [1.54, 1.807) is 7.11 Å². The van der Waals surface area contributed by atoms with Gasteiger partial charge in [-0.1, -0.05) is 6.07 Å². The van der Waals surface area contributed by atoms with Crippen molar-refractivity contribution in [2.24, 2.45) is 0 Å². The third-order valence-corrected chi connectivity index (χ3v) is 2.84. The molecule has 1 atom stereocenters. The molecule has 0 amide bonds. The van der Waals surface area contributed by atoms with Gasteiger partial charge in [-0.25, -0.2) is 0 Å². The molecule has 82 valence electrons. The molecule has 3 nitrogen and oxygen atoms in total. The number of ether oxygens (including phenoxy) is 1. The van der Waals surface area contributed by atoms with Crippen molar-refractivity contribution in [3.63, 3.8) is 0 Å². The van der Waals surface area contributed by atoms with Gasteiger partial charge < -0.3 is 14.7 Å². The monoisotopic (exact) mass is 207 g/mol. The quantitative estimate of drug-likeness (QED) is 0.799. The summed E-state index contributed by atoms with van der Waals surface area (Å²) in [5.41, 5.74) is 2.27. The molecule has 1 aromatic rings. The van der Waals surface area contributed by atoms with Gasteiger partial charge in [0, 0.05) is 13.1 Å². The number of methoxy groups -OCH3 is 1. The highest BCUT2D eigenvalue weighted by molar-refractivity contribution is 5.60. The van der Waals surface area contributed by atoms with E-state index in [9.17, 15) is 5.11 Å². The largest absolute Gasteiger partial charge is 0.495 e. The van der Waals surface area contributed by atoms with Gasteiger partial charge in [0.05, 0.1) is 18.9 Å². The fourth-order valence-corrected chi connectivity index (χ4v) is 2.01. The van der Waals surface area contributed by atoms with Gasteiger partial charge in [-0.15, -0.1) is 0 Å². The van der Waals surface area contributed by atoms with Gasteiger partial charge in [-0.2, -0.15) is 0 Å². The van der Waals surface area contributed by atoms with Crippen molar-refractivity contribution in [3.8, 4) is 5.75 Å². The number of aryl methyl sites for hydroxylation is 1. The smallest absolute Gasteiger partial charge is 0.142 e. The highest BCUT2D eigenvalue weighted by atomic mass is 16.5. The highest BCUT2D eigenvalue weighted by Crippen LogP contribution is 2.31. The van der Waals surface area contributed by atoms with Gasteiger partial charge in [-0.3, -0.25) is 0 Å². The van der Waals surface area contributed by atoms with E-state index >= 15 is 0 Å². The summed E-state index contributed by atoms with van der Waals surface area (Å²) in [7, 11) is 1.69. The molecule has 1 aliphatic rings. The lowest BCUT2D eigenvalue weighted by molar-refractivity contribution is 0.198. The van der Waals surface area contributed by atoms with Crippen LogP contribution in [0.1, 0.15) is 12.0 Å². The molecule has 2 rings (SSSR count). The SMILES string of the molecule is COc1cc(C)ccc1N1CCC(O)C1. The Kier molecular flexibility index (Phi) is 2.82. The molecule has 0 bridgehead atoms. The molecule has 1 N–H and O–H groups in total. The topological polar surface area (TPSA) is 32.7 Å². The van der Waals surface area contributed by atoms with Crippen LogP contribution in [-0.4, -0.2) is 31.4 Å². The Bertz CT molecular complexity index is 351. The van der Waals surface area contributed by atoms with Gasteiger partial charge >= 0.3 is 0 Å². The van der Waals surface area contributed by atoms with Crippen LogP contribution in [0.3, 0.4) is 0 Å². The number of hydrogen-bond donors (Lipinski definition) is 1. The lowest BCUT2D eigenvalue weighted by Gasteiger charge is -2.20. The highest BCUT2D eigenvalue weighted by Gasteiger charge is 2.22. The van der Waals surface area contributed by atoms with E-state index in [-0.39, 0.29) is 6.10 Å². The summed E-state index contributed by atoms with van der Waals surface area (Å²) >= 11 is 0. The second kappa shape index (κ2) is 4.11. The van der Waals surface area contributed by atoms with Crippen LogP contribution >= 0.6 is 0 Å². The minimum absolute atomic E-state index is 0.198. The van der Waals surface area contributed by atoms with E-state index in [4.69, 9.17) is 4.74 Å². The molecule has 1 fully saturated rings. The van der Waals surface area contributed by atoms with Crippen molar-refractivity contribution in [2.75, 3.05) is 25.1 Å². The number of aliphatic hydroxyl groups excluding tert-OH is 1. The van der Waals surface area contributed by atoms with E-state index in [1.165, 1.54) is 5.56 Å². The normalized spacial score (nSPS) is 20.7. The van der Waals surface area contributed by atoms with Crippen molar-refractivity contribution in [1.82, 2.24) is 0 Å². The van der Waals surface area contributed by atoms with Gasteiger partial charge in [0.1, 0.15) is 5.75 Å². The molecular formula is C12H17NO2. The van der Waals surface area contributed by atoms with Crippen LogP contribution in [0.5, 0.6) is 5.75 Å². The minimum atomic E-state index is -0.198. The van der Waals surface area contributed by atoms with Gasteiger partial charge in [0.25, 0.3) is 0 Å². The zero-order chi connectivity index (χ0) is 10.8. The third kappa shape index (κ3) is 2.07. The average Bonchev–Trinajstić information content (AvgIpc) is 2.64. The number of hydrogen-bond acceptors (Lipinski definition) is 3. The first-order chi connectivity index (χ1) is 7.20. The van der Waals surface area contributed by atoms with Crippen LogP contribution < -0.4 is 9.64 Å². The predicted octanol–water partition coefficient (Wildman–Crippen LogP) is 1.57. The Morgan fingerprint density at radius 1 is 1.47 bits per heavy atom. The maximum atomic E-state index is 9.50. The molecular weight excluding hydrogens is 190 g/mol. The summed E-state index contributed by atoms with van der Waals surface area (Å²) in [5, 5.41) is 9.50. The molecule has 0 aliphatic carbocycles. The Morgan fingerprint density at radius 3 is 2.87 bits per heavy atom. The van der Waals surface area contributed by atoms with Gasteiger partial charge in [0.15, 0.2) is 0 Å². The second-order valence-electron chi connectivity index (χ2n) is 4.06. The molecule has 1 heterocycles. The Hall–Kier alpha value is -1.22. The average molecular weight is 207 g/mol. The van der Waals surface area contributed by atoms with E-state index < -0.39 is 0 Å². The molecule has 15 heavy (non-hydrogen) atoms. The lowest BCUT2D eigenvalue weighted by atomic mass is 10.2. The number of β-amino-alcohol motifs (C(OH)–C–C–N with tert-alkyl or cyclic N) is 1. The van der Waals surface area contributed by atoms with Crippen molar-refractivity contribution in [3.05, 3.63) is 23.8 Å². The fraction of sp³-hybridized carbons (Fsp3) is 0.500. The third-order valence-electron chi connectivity index (χ3n) is 2.84. The second-order valence-corrected chi connectivity index (χ2v) is 4.06. The van der Waals surface area contributed by atoms with Crippen LogP contribution in [0.4, 0.5) is 5.69 Å². The molecule has 0 saturated carbocycles. The minimum Gasteiger partial charge on any atom is -0.495 e. The fourth-order valence-electron chi connectivity index (χ4n) is 2.01. The standard InChI is InChI=1S/C12H17NO2/c1-9-3-4-11(12(7-9)15-2)13-6-5-10(14)8-13/h3-4,7,10,14H,5-6,8H2,1-2H3. The molecule has 1 unspecified atom stereocenters. The van der Waals surface area contributed by atoms with Crippen LogP contribution in [0, 0.1) is 6.92 Å². The molecule has 1 aliphatic heterocycles. The summed E-state index contributed by atoms with van der Waals surface area (Å²) in [6, 6.07) is 6.16. The van der Waals surface area contributed by atoms with Crippen molar-refractivity contribution >= 4 is 5.69 Å². The summed E-state index contributed by atoms with van der Waals surface area (Å²) in [5.74, 6) is 0.893. The number of anilines is 1. The first-order valence-corrected chi connectivity index (χ1v) is 5.28. The Labute approximate surface area is 90.3 Å². The Morgan fingerprint density at radius 2 is 2.27 bits per heavy atom. The van der Waals surface area contributed by atoms with Crippen LogP contribution in [0.15, 0.2) is 18.2 Å². The van der Waals surface area contributed by atoms with Crippen molar-refractivity contribution in [2.45, 2.75) is 19.4 Å².